The molecule has 182 valence electrons. The summed E-state index contributed by atoms with van der Waals surface area (Å²) in [5.41, 5.74) is 2.57. The van der Waals surface area contributed by atoms with E-state index in [4.69, 9.17) is 16.3 Å². The molecule has 0 aliphatic rings. The zero-order chi connectivity index (χ0) is 25.0. The summed E-state index contributed by atoms with van der Waals surface area (Å²) in [7, 11) is -2.29. The van der Waals surface area contributed by atoms with Gasteiger partial charge in [0.25, 0.3) is 0 Å². The van der Waals surface area contributed by atoms with Gasteiger partial charge < -0.3 is 4.74 Å². The number of ether oxygens (including phenoxy) is 1. The summed E-state index contributed by atoms with van der Waals surface area (Å²) in [5, 5.41) is 9.64. The normalized spacial score (nSPS) is 11.5. The van der Waals surface area contributed by atoms with Crippen LogP contribution in [-0.2, 0) is 22.3 Å². The smallest absolute Gasteiger partial charge is 0.240 e. The molecule has 0 aliphatic carbocycles. The maximum atomic E-state index is 13.3. The number of aromatic nitrogens is 3. The Labute approximate surface area is 212 Å². The number of halogens is 2. The Morgan fingerprint density at radius 3 is 2.46 bits per heavy atom. The second-order valence-corrected chi connectivity index (χ2v) is 10.7. The molecule has 0 atom stereocenters. The monoisotopic (exact) mass is 532 g/mol. The second-order valence-electron chi connectivity index (χ2n) is 7.58. The van der Waals surface area contributed by atoms with Crippen molar-refractivity contribution >= 4 is 33.4 Å². The molecule has 4 aromatic rings. The summed E-state index contributed by atoms with van der Waals surface area (Å²) >= 11 is 7.67. The fraction of sp³-hybridized carbons (Fsp3) is 0.167. The number of thioether (sulfide) groups is 1. The summed E-state index contributed by atoms with van der Waals surface area (Å²) in [6.45, 7) is 1.83. The highest BCUT2D eigenvalue weighted by Gasteiger charge is 2.20. The maximum Gasteiger partial charge on any atom is 0.240 e. The minimum atomic E-state index is -3.81. The molecule has 4 rings (SSSR count). The van der Waals surface area contributed by atoms with Gasteiger partial charge in [-0.3, -0.25) is 4.57 Å². The number of benzene rings is 3. The van der Waals surface area contributed by atoms with Crippen LogP contribution in [0.3, 0.4) is 0 Å². The predicted molar refractivity (Wildman–Crippen MR) is 134 cm³/mol. The molecule has 0 amide bonds. The highest BCUT2D eigenvalue weighted by Crippen LogP contribution is 2.29. The van der Waals surface area contributed by atoms with E-state index in [2.05, 4.69) is 14.9 Å². The predicted octanol–water partition coefficient (Wildman–Crippen LogP) is 5.15. The van der Waals surface area contributed by atoms with E-state index >= 15 is 0 Å². The Morgan fingerprint density at radius 1 is 1.06 bits per heavy atom. The van der Waals surface area contributed by atoms with Gasteiger partial charge >= 0.3 is 0 Å². The summed E-state index contributed by atoms with van der Waals surface area (Å²) in [6, 6.07) is 17.8. The van der Waals surface area contributed by atoms with Crippen molar-refractivity contribution in [2.24, 2.45) is 0 Å². The summed E-state index contributed by atoms with van der Waals surface area (Å²) < 4.78 is 48.4. The van der Waals surface area contributed by atoms with Gasteiger partial charge in [-0.2, -0.15) is 0 Å². The topological polar surface area (TPSA) is 86.1 Å². The standard InChI is InChI=1S/C24H22ClFN4O3S2/c1-16-3-6-18(25)13-22(16)30-23(14-27-35(31,32)21-11-9-20(33-2)10-12-21)28-29-24(30)34-15-17-4-7-19(26)8-5-17/h3-13,27H,14-15H2,1-2H3. The molecule has 1 N–H and O–H groups in total. The van der Waals surface area contributed by atoms with Crippen molar-refractivity contribution in [3.63, 3.8) is 0 Å². The summed E-state index contributed by atoms with van der Waals surface area (Å²) in [5.74, 6) is 1.18. The number of methoxy groups -OCH3 is 1. The van der Waals surface area contributed by atoms with Crippen LogP contribution < -0.4 is 9.46 Å². The van der Waals surface area contributed by atoms with Crippen LogP contribution in [0.5, 0.6) is 5.75 Å². The molecular formula is C24H22ClFN4O3S2. The molecule has 3 aromatic carbocycles. The molecule has 0 spiro atoms. The molecule has 1 heterocycles. The number of sulfonamides is 1. The largest absolute Gasteiger partial charge is 0.497 e. The average Bonchev–Trinajstić information content (AvgIpc) is 3.26. The number of rotatable bonds is 9. The summed E-state index contributed by atoms with van der Waals surface area (Å²) in [4.78, 5) is 0.106. The van der Waals surface area contributed by atoms with Gasteiger partial charge in [-0.05, 0) is 66.6 Å². The van der Waals surface area contributed by atoms with Crippen LogP contribution in [-0.4, -0.2) is 30.3 Å². The number of hydrogen-bond acceptors (Lipinski definition) is 6. The van der Waals surface area contributed by atoms with E-state index < -0.39 is 10.0 Å². The first-order valence-corrected chi connectivity index (χ1v) is 13.3. The zero-order valence-corrected chi connectivity index (χ0v) is 21.3. The summed E-state index contributed by atoms with van der Waals surface area (Å²) in [6.07, 6.45) is 0. The van der Waals surface area contributed by atoms with E-state index in [0.29, 0.717) is 27.5 Å². The van der Waals surface area contributed by atoms with Crippen molar-refractivity contribution in [3.8, 4) is 11.4 Å². The fourth-order valence-corrected chi connectivity index (χ4v) is 5.37. The van der Waals surface area contributed by atoms with Crippen molar-refractivity contribution in [1.82, 2.24) is 19.5 Å². The lowest BCUT2D eigenvalue weighted by Crippen LogP contribution is -2.25. The van der Waals surface area contributed by atoms with Gasteiger partial charge in [-0.25, -0.2) is 17.5 Å². The van der Waals surface area contributed by atoms with Crippen LogP contribution >= 0.6 is 23.4 Å². The van der Waals surface area contributed by atoms with Gasteiger partial charge in [-0.1, -0.05) is 41.6 Å². The van der Waals surface area contributed by atoms with Crippen molar-refractivity contribution in [2.75, 3.05) is 7.11 Å². The Kier molecular flexibility index (Phi) is 7.75. The Balaban J connectivity index is 1.63. The molecule has 0 fully saturated rings. The second kappa shape index (κ2) is 10.8. The third-order valence-electron chi connectivity index (χ3n) is 5.18. The van der Waals surface area contributed by atoms with E-state index in [0.717, 1.165) is 16.8 Å². The van der Waals surface area contributed by atoms with Crippen molar-refractivity contribution in [2.45, 2.75) is 29.3 Å². The molecular weight excluding hydrogens is 511 g/mol. The SMILES string of the molecule is COc1ccc(S(=O)(=O)NCc2nnc(SCc3ccc(F)cc3)n2-c2cc(Cl)ccc2C)cc1. The zero-order valence-electron chi connectivity index (χ0n) is 18.9. The third kappa shape index (κ3) is 6.02. The number of hydrogen-bond donors (Lipinski definition) is 1. The van der Waals surface area contributed by atoms with Crippen LogP contribution in [0.25, 0.3) is 5.69 Å². The first-order chi connectivity index (χ1) is 16.8. The van der Waals surface area contributed by atoms with E-state index in [-0.39, 0.29) is 17.3 Å². The van der Waals surface area contributed by atoms with Gasteiger partial charge in [0, 0.05) is 10.8 Å². The van der Waals surface area contributed by atoms with E-state index in [1.807, 2.05) is 13.0 Å². The highest BCUT2D eigenvalue weighted by molar-refractivity contribution is 7.98. The lowest BCUT2D eigenvalue weighted by molar-refractivity contribution is 0.414. The van der Waals surface area contributed by atoms with Gasteiger partial charge in [0.15, 0.2) is 11.0 Å². The molecule has 11 heteroatoms. The maximum absolute atomic E-state index is 13.3. The molecule has 0 bridgehead atoms. The van der Waals surface area contributed by atoms with Crippen LogP contribution in [0.1, 0.15) is 17.0 Å². The third-order valence-corrected chi connectivity index (χ3v) is 7.84. The molecule has 35 heavy (non-hydrogen) atoms. The first kappa shape index (κ1) is 25.2. The van der Waals surface area contributed by atoms with E-state index in [1.165, 1.54) is 43.1 Å². The van der Waals surface area contributed by atoms with Crippen molar-refractivity contribution < 1.29 is 17.5 Å². The van der Waals surface area contributed by atoms with Gasteiger partial charge in [-0.15, -0.1) is 10.2 Å². The Hall–Kier alpha value is -2.92. The van der Waals surface area contributed by atoms with E-state index in [9.17, 15) is 12.8 Å². The van der Waals surface area contributed by atoms with Crippen LogP contribution in [0.15, 0.2) is 76.8 Å². The molecule has 7 nitrogen and oxygen atoms in total. The molecule has 0 saturated heterocycles. The number of nitrogens with one attached hydrogen (secondary N) is 1. The molecule has 0 aliphatic heterocycles. The van der Waals surface area contributed by atoms with E-state index in [1.54, 1.807) is 41.0 Å². The fourth-order valence-electron chi connectivity index (χ4n) is 3.30. The molecule has 0 unspecified atom stereocenters. The average molecular weight is 533 g/mol. The Morgan fingerprint density at radius 2 is 1.77 bits per heavy atom. The van der Waals surface area contributed by atoms with Gasteiger partial charge in [0.1, 0.15) is 11.6 Å². The quantitative estimate of drug-likeness (QED) is 0.300. The van der Waals surface area contributed by atoms with Crippen LogP contribution in [0.2, 0.25) is 5.02 Å². The minimum Gasteiger partial charge on any atom is -0.497 e. The number of aryl methyl sites for hydroxylation is 1. The Bertz CT molecular complexity index is 1430. The van der Waals surface area contributed by atoms with Crippen LogP contribution in [0.4, 0.5) is 4.39 Å². The molecule has 0 saturated carbocycles. The molecule has 1 aromatic heterocycles. The lowest BCUT2D eigenvalue weighted by Gasteiger charge is -2.14. The highest BCUT2D eigenvalue weighted by atomic mass is 35.5. The van der Waals surface area contributed by atoms with Crippen molar-refractivity contribution in [1.29, 1.82) is 0 Å². The number of nitrogens with zero attached hydrogens (tertiary/aromatic N) is 3. The first-order valence-electron chi connectivity index (χ1n) is 10.5. The van der Waals surface area contributed by atoms with Gasteiger partial charge in [0.05, 0.1) is 24.2 Å². The lowest BCUT2D eigenvalue weighted by atomic mass is 10.2. The van der Waals surface area contributed by atoms with Crippen LogP contribution in [0, 0.1) is 12.7 Å². The minimum absolute atomic E-state index is 0.0928. The van der Waals surface area contributed by atoms with Gasteiger partial charge in [0.2, 0.25) is 10.0 Å². The molecule has 0 radical (unpaired) electrons. The van der Waals surface area contributed by atoms with Crippen molar-refractivity contribution in [3.05, 3.63) is 94.5 Å².